The summed E-state index contributed by atoms with van der Waals surface area (Å²) in [5.74, 6) is 1.03. The Morgan fingerprint density at radius 2 is 1.86 bits per heavy atom. The zero-order chi connectivity index (χ0) is 15.2. The zero-order valence-electron chi connectivity index (χ0n) is 11.8. The molecule has 0 aromatic heterocycles. The predicted octanol–water partition coefficient (Wildman–Crippen LogP) is 4.37. The summed E-state index contributed by atoms with van der Waals surface area (Å²) in [6.07, 6.45) is -0.797. The molecular weight excluding hydrogens is 292 g/mol. The Morgan fingerprint density at radius 1 is 1.14 bits per heavy atom. The van der Waals surface area contributed by atoms with Crippen molar-refractivity contribution in [3.63, 3.8) is 0 Å². The Morgan fingerprint density at radius 3 is 2.52 bits per heavy atom. The lowest BCUT2D eigenvalue weighted by Gasteiger charge is -2.12. The number of ether oxygens (including phenoxy) is 3. The van der Waals surface area contributed by atoms with Crippen molar-refractivity contribution in [2.45, 2.75) is 13.5 Å². The van der Waals surface area contributed by atoms with Crippen LogP contribution in [0.15, 0.2) is 42.5 Å². The molecule has 4 nitrogen and oxygen atoms in total. The van der Waals surface area contributed by atoms with Crippen molar-refractivity contribution in [2.24, 2.45) is 0 Å². The fraction of sp³-hybridized carbons (Fsp3) is 0.188. The summed E-state index contributed by atoms with van der Waals surface area (Å²) >= 11 is 6.14. The average molecular weight is 307 g/mol. The Hall–Kier alpha value is -2.20. The number of benzene rings is 2. The van der Waals surface area contributed by atoms with Gasteiger partial charge in [-0.05, 0) is 31.2 Å². The van der Waals surface area contributed by atoms with Gasteiger partial charge in [0.1, 0.15) is 18.1 Å². The molecule has 0 aliphatic rings. The SMILES string of the molecule is COC(=O)Oc1cccc(Cl)c1COc1ccc(C)cc1. The van der Waals surface area contributed by atoms with E-state index in [1.54, 1.807) is 18.2 Å². The predicted molar refractivity (Wildman–Crippen MR) is 80.0 cm³/mol. The summed E-state index contributed by atoms with van der Waals surface area (Å²) < 4.78 is 15.2. The van der Waals surface area contributed by atoms with Crippen LogP contribution in [0.4, 0.5) is 4.79 Å². The maximum absolute atomic E-state index is 11.2. The van der Waals surface area contributed by atoms with Crippen LogP contribution < -0.4 is 9.47 Å². The van der Waals surface area contributed by atoms with Crippen LogP contribution in [-0.2, 0) is 11.3 Å². The van der Waals surface area contributed by atoms with Gasteiger partial charge in [0.2, 0.25) is 0 Å². The molecule has 0 aliphatic heterocycles. The minimum Gasteiger partial charge on any atom is -0.489 e. The van der Waals surface area contributed by atoms with E-state index < -0.39 is 6.16 Å². The quantitative estimate of drug-likeness (QED) is 0.621. The zero-order valence-corrected chi connectivity index (χ0v) is 12.5. The van der Waals surface area contributed by atoms with Crippen LogP contribution >= 0.6 is 11.6 Å². The minimum atomic E-state index is -0.797. The maximum atomic E-state index is 11.2. The van der Waals surface area contributed by atoms with E-state index in [1.165, 1.54) is 7.11 Å². The van der Waals surface area contributed by atoms with Crippen LogP contribution in [0.5, 0.6) is 11.5 Å². The third-order valence-electron chi connectivity index (χ3n) is 2.84. The molecule has 0 atom stereocenters. The molecule has 0 radical (unpaired) electrons. The highest BCUT2D eigenvalue weighted by Crippen LogP contribution is 2.28. The van der Waals surface area contributed by atoms with Crippen LogP contribution in [0.2, 0.25) is 5.02 Å². The third kappa shape index (κ3) is 4.13. The van der Waals surface area contributed by atoms with E-state index in [9.17, 15) is 4.79 Å². The minimum absolute atomic E-state index is 0.190. The summed E-state index contributed by atoms with van der Waals surface area (Å²) in [7, 11) is 1.25. The molecule has 0 spiro atoms. The molecule has 5 heteroatoms. The van der Waals surface area contributed by atoms with Crippen LogP contribution in [-0.4, -0.2) is 13.3 Å². The molecule has 0 amide bonds. The summed E-state index contributed by atoms with van der Waals surface area (Å²) in [6, 6.07) is 12.7. The van der Waals surface area contributed by atoms with Gasteiger partial charge in [-0.3, -0.25) is 0 Å². The van der Waals surface area contributed by atoms with Gasteiger partial charge in [-0.15, -0.1) is 0 Å². The van der Waals surface area contributed by atoms with Crippen molar-refractivity contribution in [1.29, 1.82) is 0 Å². The molecule has 0 heterocycles. The smallest absolute Gasteiger partial charge is 0.489 e. The Balaban J connectivity index is 2.14. The molecule has 2 rings (SSSR count). The van der Waals surface area contributed by atoms with Crippen LogP contribution in [0, 0.1) is 6.92 Å². The molecule has 0 saturated carbocycles. The highest BCUT2D eigenvalue weighted by atomic mass is 35.5. The lowest BCUT2D eigenvalue weighted by molar-refractivity contribution is 0.120. The first-order valence-corrected chi connectivity index (χ1v) is 6.70. The summed E-state index contributed by atoms with van der Waals surface area (Å²) in [5.41, 5.74) is 1.74. The van der Waals surface area contributed by atoms with Gasteiger partial charge in [0.05, 0.1) is 17.7 Å². The second-order valence-corrected chi connectivity index (χ2v) is 4.78. The highest BCUT2D eigenvalue weighted by molar-refractivity contribution is 6.31. The number of hydrogen-bond acceptors (Lipinski definition) is 4. The fourth-order valence-electron chi connectivity index (χ4n) is 1.70. The maximum Gasteiger partial charge on any atom is 0.513 e. The molecular formula is C16H15ClO4. The first-order chi connectivity index (χ1) is 10.1. The second kappa shape index (κ2) is 6.99. The van der Waals surface area contributed by atoms with Gasteiger partial charge in [-0.1, -0.05) is 35.4 Å². The summed E-state index contributed by atoms with van der Waals surface area (Å²) in [4.78, 5) is 11.2. The average Bonchev–Trinajstić information content (AvgIpc) is 2.48. The van der Waals surface area contributed by atoms with E-state index in [0.29, 0.717) is 22.1 Å². The normalized spacial score (nSPS) is 10.0. The summed E-state index contributed by atoms with van der Waals surface area (Å²) in [6.45, 7) is 2.19. The van der Waals surface area contributed by atoms with Crippen molar-refractivity contribution in [3.8, 4) is 11.5 Å². The molecule has 21 heavy (non-hydrogen) atoms. The van der Waals surface area contributed by atoms with Crippen LogP contribution in [0.3, 0.4) is 0 Å². The lowest BCUT2D eigenvalue weighted by atomic mass is 10.2. The van der Waals surface area contributed by atoms with Crippen molar-refractivity contribution < 1.29 is 19.0 Å². The Kier molecular flexibility index (Phi) is 5.06. The molecule has 0 aliphatic carbocycles. The summed E-state index contributed by atoms with van der Waals surface area (Å²) in [5, 5.41) is 0.462. The molecule has 0 N–H and O–H groups in total. The number of carbonyl (C=O) groups is 1. The van der Waals surface area contributed by atoms with E-state index >= 15 is 0 Å². The first kappa shape index (κ1) is 15.2. The van der Waals surface area contributed by atoms with Gasteiger partial charge in [0.25, 0.3) is 0 Å². The number of methoxy groups -OCH3 is 1. The highest BCUT2D eigenvalue weighted by Gasteiger charge is 2.13. The number of carbonyl (C=O) groups excluding carboxylic acids is 1. The van der Waals surface area contributed by atoms with Gasteiger partial charge in [0.15, 0.2) is 0 Å². The number of hydrogen-bond donors (Lipinski definition) is 0. The van der Waals surface area contributed by atoms with E-state index in [1.807, 2.05) is 31.2 Å². The van der Waals surface area contributed by atoms with Crippen LogP contribution in [0.25, 0.3) is 0 Å². The molecule has 2 aromatic rings. The third-order valence-corrected chi connectivity index (χ3v) is 3.19. The molecule has 0 saturated heterocycles. The van der Waals surface area contributed by atoms with E-state index in [0.717, 1.165) is 5.56 Å². The van der Waals surface area contributed by atoms with E-state index in [-0.39, 0.29) is 6.61 Å². The number of halogens is 1. The fourth-order valence-corrected chi connectivity index (χ4v) is 1.92. The topological polar surface area (TPSA) is 44.8 Å². The monoisotopic (exact) mass is 306 g/mol. The van der Waals surface area contributed by atoms with Crippen LogP contribution in [0.1, 0.15) is 11.1 Å². The Labute approximate surface area is 128 Å². The number of aryl methyl sites for hydroxylation is 1. The first-order valence-electron chi connectivity index (χ1n) is 6.33. The van der Waals surface area contributed by atoms with Crippen molar-refractivity contribution in [3.05, 3.63) is 58.6 Å². The lowest BCUT2D eigenvalue weighted by Crippen LogP contribution is -2.10. The van der Waals surface area contributed by atoms with Gasteiger partial charge >= 0.3 is 6.16 Å². The number of rotatable bonds is 4. The van der Waals surface area contributed by atoms with Crippen molar-refractivity contribution in [2.75, 3.05) is 7.11 Å². The molecule has 0 fully saturated rings. The van der Waals surface area contributed by atoms with E-state index in [2.05, 4.69) is 4.74 Å². The standard InChI is InChI=1S/C16H15ClO4/c1-11-6-8-12(9-7-11)20-10-13-14(17)4-3-5-15(13)21-16(18)19-2/h3-9H,10H2,1-2H3. The van der Waals surface area contributed by atoms with E-state index in [4.69, 9.17) is 21.1 Å². The molecule has 0 unspecified atom stereocenters. The Bertz CT molecular complexity index is 623. The molecule has 0 bridgehead atoms. The van der Waals surface area contributed by atoms with Gasteiger partial charge in [-0.2, -0.15) is 0 Å². The van der Waals surface area contributed by atoms with Crippen molar-refractivity contribution >= 4 is 17.8 Å². The van der Waals surface area contributed by atoms with Gasteiger partial charge < -0.3 is 14.2 Å². The molecule has 110 valence electrons. The molecule has 2 aromatic carbocycles. The second-order valence-electron chi connectivity index (χ2n) is 4.37. The largest absolute Gasteiger partial charge is 0.513 e. The van der Waals surface area contributed by atoms with Gasteiger partial charge in [0, 0.05) is 0 Å². The van der Waals surface area contributed by atoms with Crippen molar-refractivity contribution in [1.82, 2.24) is 0 Å². The van der Waals surface area contributed by atoms with Gasteiger partial charge in [-0.25, -0.2) is 4.79 Å².